The molecule has 0 unspecified atom stereocenters. The molecule has 49 heavy (non-hydrogen) atoms. The number of rotatable bonds is 8. The van der Waals surface area contributed by atoms with Gasteiger partial charge in [0.2, 0.25) is 5.43 Å². The molecule has 0 radical (unpaired) electrons. The largest absolute Gasteiger partial charge is 0.383 e. The van der Waals surface area contributed by atoms with Crippen molar-refractivity contribution in [3.05, 3.63) is 106 Å². The van der Waals surface area contributed by atoms with E-state index in [0.29, 0.717) is 49.4 Å². The fraction of sp³-hybridized carbons (Fsp3) is 0.342. The Hall–Kier alpha value is -4.84. The molecule has 0 saturated carbocycles. The molecule has 2 aromatic carbocycles. The van der Waals surface area contributed by atoms with Crippen LogP contribution in [0.25, 0.3) is 27.8 Å². The van der Waals surface area contributed by atoms with E-state index in [9.17, 15) is 9.59 Å². The summed E-state index contributed by atoms with van der Waals surface area (Å²) in [6.07, 6.45) is 10.9. The zero-order chi connectivity index (χ0) is 33.9. The molecular weight excluding hydrogens is 623 g/mol. The molecule has 11 heteroatoms. The standard InChI is InChI=1S/C38H41FN6O4/c1-24-2-4-26(5-3-24)33-22-44(20-25-8-12-48-13-9-25)23-34(36(33)46)38(47)43-29-6-7-31(35(39)17-29)32-16-27(18-41-37(32)40)28-19-42-45(21-28)30-10-14-49-15-11-30/h2-7,16-18,21-23,25,30,42H,8-15,19-20H2,1H3,(H2,40,41)(H,43,47). The molecule has 3 aliphatic rings. The third-order valence-corrected chi connectivity index (χ3v) is 9.63. The maximum atomic E-state index is 15.7. The number of aryl methyl sites for hydroxylation is 1. The Morgan fingerprint density at radius 3 is 2.43 bits per heavy atom. The molecule has 5 heterocycles. The highest BCUT2D eigenvalue weighted by atomic mass is 19.1. The maximum absolute atomic E-state index is 15.7. The van der Waals surface area contributed by atoms with Crippen molar-refractivity contribution < 1.29 is 18.7 Å². The fourth-order valence-electron chi connectivity index (χ4n) is 6.75. The molecule has 2 fully saturated rings. The van der Waals surface area contributed by atoms with Crippen LogP contribution in [0.5, 0.6) is 0 Å². The first-order valence-corrected chi connectivity index (χ1v) is 16.9. The van der Waals surface area contributed by atoms with Crippen molar-refractivity contribution in [3.8, 4) is 22.3 Å². The van der Waals surface area contributed by atoms with E-state index in [0.717, 1.165) is 61.2 Å². The van der Waals surface area contributed by atoms with E-state index in [2.05, 4.69) is 26.9 Å². The zero-order valence-electron chi connectivity index (χ0n) is 27.6. The van der Waals surface area contributed by atoms with Crippen LogP contribution in [0.4, 0.5) is 15.9 Å². The molecule has 2 saturated heterocycles. The molecule has 7 rings (SSSR count). The van der Waals surface area contributed by atoms with E-state index >= 15 is 4.39 Å². The van der Waals surface area contributed by atoms with Crippen molar-refractivity contribution >= 4 is 23.0 Å². The Morgan fingerprint density at radius 1 is 0.959 bits per heavy atom. The van der Waals surface area contributed by atoms with Crippen molar-refractivity contribution in [3.63, 3.8) is 0 Å². The topological polar surface area (TPSA) is 124 Å². The molecule has 1 amide bonds. The average molecular weight is 665 g/mol. The normalized spacial score (nSPS) is 17.3. The molecule has 4 aromatic rings. The number of hydrogen-bond donors (Lipinski definition) is 3. The number of halogens is 1. The number of nitrogens with two attached hydrogens (primary N) is 1. The second-order valence-electron chi connectivity index (χ2n) is 13.1. The number of hydrazine groups is 1. The summed E-state index contributed by atoms with van der Waals surface area (Å²) in [6, 6.07) is 14.3. The third kappa shape index (κ3) is 7.29. The van der Waals surface area contributed by atoms with Crippen molar-refractivity contribution in [2.45, 2.75) is 45.2 Å². The number of aromatic nitrogens is 2. The minimum absolute atomic E-state index is 0.0102. The lowest BCUT2D eigenvalue weighted by molar-refractivity contribution is 0.0391. The van der Waals surface area contributed by atoms with Crippen molar-refractivity contribution in [2.24, 2.45) is 5.92 Å². The second-order valence-corrected chi connectivity index (χ2v) is 13.1. The lowest BCUT2D eigenvalue weighted by Gasteiger charge is -2.30. The summed E-state index contributed by atoms with van der Waals surface area (Å²) < 4.78 is 28.7. The van der Waals surface area contributed by atoms with Gasteiger partial charge in [-0.3, -0.25) is 9.59 Å². The van der Waals surface area contributed by atoms with Gasteiger partial charge in [0.1, 0.15) is 17.2 Å². The molecule has 3 aliphatic heterocycles. The quantitative estimate of drug-likeness (QED) is 0.222. The summed E-state index contributed by atoms with van der Waals surface area (Å²) in [5.41, 5.74) is 14.3. The summed E-state index contributed by atoms with van der Waals surface area (Å²) in [6.45, 7) is 6.13. The van der Waals surface area contributed by atoms with E-state index in [4.69, 9.17) is 15.2 Å². The Balaban J connectivity index is 1.13. The van der Waals surface area contributed by atoms with Gasteiger partial charge in [-0.05, 0) is 79.5 Å². The molecule has 0 spiro atoms. The van der Waals surface area contributed by atoms with Crippen molar-refractivity contribution in [1.29, 1.82) is 0 Å². The first-order chi connectivity index (χ1) is 23.8. The number of nitrogen functional groups attached to an aromatic ring is 1. The summed E-state index contributed by atoms with van der Waals surface area (Å²) in [7, 11) is 0. The summed E-state index contributed by atoms with van der Waals surface area (Å²) >= 11 is 0. The maximum Gasteiger partial charge on any atom is 0.261 e. The lowest BCUT2D eigenvalue weighted by Crippen LogP contribution is -2.41. The van der Waals surface area contributed by atoms with Crippen LogP contribution < -0.4 is 21.9 Å². The van der Waals surface area contributed by atoms with Gasteiger partial charge in [-0.1, -0.05) is 29.8 Å². The minimum atomic E-state index is -0.607. The van der Waals surface area contributed by atoms with Gasteiger partial charge in [-0.2, -0.15) is 0 Å². The minimum Gasteiger partial charge on any atom is -0.383 e. The number of hydrogen-bond acceptors (Lipinski definition) is 8. The second kappa shape index (κ2) is 14.3. The monoisotopic (exact) mass is 664 g/mol. The number of benzene rings is 2. The Bertz CT molecular complexity index is 1930. The van der Waals surface area contributed by atoms with E-state index in [1.165, 1.54) is 6.07 Å². The number of amides is 1. The molecule has 2 aromatic heterocycles. The number of carbonyl (C=O) groups is 1. The molecule has 0 atom stereocenters. The number of nitrogens with zero attached hydrogens (tertiary/aromatic N) is 3. The average Bonchev–Trinajstić information content (AvgIpc) is 3.61. The van der Waals surface area contributed by atoms with Gasteiger partial charge in [0, 0.05) is 92.7 Å². The third-order valence-electron chi connectivity index (χ3n) is 9.63. The number of carbonyl (C=O) groups excluding carboxylic acids is 1. The van der Waals surface area contributed by atoms with Crippen LogP contribution in [0.1, 0.15) is 47.2 Å². The smallest absolute Gasteiger partial charge is 0.261 e. The predicted molar refractivity (Wildman–Crippen MR) is 188 cm³/mol. The molecule has 0 bridgehead atoms. The fourth-order valence-corrected chi connectivity index (χ4v) is 6.75. The summed E-state index contributed by atoms with van der Waals surface area (Å²) in [5, 5.41) is 4.88. The van der Waals surface area contributed by atoms with Gasteiger partial charge < -0.3 is 30.1 Å². The van der Waals surface area contributed by atoms with Gasteiger partial charge in [0.25, 0.3) is 5.91 Å². The SMILES string of the molecule is Cc1ccc(-c2cn(CC3CCOCC3)cc(C(=O)Nc3ccc(-c4cc(C5=CN(C6CCOCC6)NC5)cnc4N)c(F)c3)c2=O)cc1. The molecular formula is C38H41FN6O4. The van der Waals surface area contributed by atoms with E-state index in [1.807, 2.05) is 48.0 Å². The number of ether oxygens (including phenoxy) is 2. The number of pyridine rings is 2. The Kier molecular flexibility index (Phi) is 9.56. The molecule has 254 valence electrons. The zero-order valence-corrected chi connectivity index (χ0v) is 27.6. The predicted octanol–water partition coefficient (Wildman–Crippen LogP) is 5.63. The van der Waals surface area contributed by atoms with Crippen molar-refractivity contribution in [1.82, 2.24) is 20.0 Å². The number of nitrogens with one attached hydrogen (secondary N) is 2. The number of anilines is 2. The van der Waals surface area contributed by atoms with Crippen LogP contribution in [0, 0.1) is 18.7 Å². The van der Waals surface area contributed by atoms with Gasteiger partial charge in [0.05, 0.1) is 0 Å². The van der Waals surface area contributed by atoms with Crippen molar-refractivity contribution in [2.75, 3.05) is 44.0 Å². The highest BCUT2D eigenvalue weighted by Gasteiger charge is 2.25. The molecule has 4 N–H and O–H groups in total. The highest BCUT2D eigenvalue weighted by molar-refractivity contribution is 6.04. The van der Waals surface area contributed by atoms with Crippen LogP contribution in [-0.4, -0.2) is 59.5 Å². The molecule has 10 nitrogen and oxygen atoms in total. The van der Waals surface area contributed by atoms with Gasteiger partial charge >= 0.3 is 0 Å². The first kappa shape index (κ1) is 32.7. The summed E-state index contributed by atoms with van der Waals surface area (Å²) in [5.74, 6) is -0.613. The van der Waals surface area contributed by atoms with Crippen LogP contribution >= 0.6 is 0 Å². The van der Waals surface area contributed by atoms with E-state index in [-0.39, 0.29) is 28.1 Å². The van der Waals surface area contributed by atoms with Crippen LogP contribution in [0.2, 0.25) is 0 Å². The highest BCUT2D eigenvalue weighted by Crippen LogP contribution is 2.32. The van der Waals surface area contributed by atoms with E-state index in [1.54, 1.807) is 24.5 Å². The molecule has 0 aliphatic carbocycles. The van der Waals surface area contributed by atoms with Gasteiger partial charge in [-0.25, -0.2) is 14.8 Å². The summed E-state index contributed by atoms with van der Waals surface area (Å²) in [4.78, 5) is 31.7. The van der Waals surface area contributed by atoms with Gasteiger partial charge in [-0.15, -0.1) is 0 Å². The van der Waals surface area contributed by atoms with Crippen LogP contribution in [0.15, 0.2) is 78.1 Å². The Morgan fingerprint density at radius 2 is 1.69 bits per heavy atom. The Labute approximate surface area is 284 Å². The van der Waals surface area contributed by atoms with Crippen LogP contribution in [-0.2, 0) is 16.0 Å². The first-order valence-electron chi connectivity index (χ1n) is 16.9. The van der Waals surface area contributed by atoms with Crippen LogP contribution in [0.3, 0.4) is 0 Å². The lowest BCUT2D eigenvalue weighted by atomic mass is 9.99. The van der Waals surface area contributed by atoms with E-state index < -0.39 is 11.7 Å². The van der Waals surface area contributed by atoms with Gasteiger partial charge in [0.15, 0.2) is 0 Å².